The molecule has 5 fully saturated rings. The molecule has 0 bridgehead atoms. The van der Waals surface area contributed by atoms with Gasteiger partial charge in [0, 0.05) is 106 Å². The summed E-state index contributed by atoms with van der Waals surface area (Å²) in [6.07, 6.45) is 6.37. The van der Waals surface area contributed by atoms with Gasteiger partial charge in [0.25, 0.3) is 5.91 Å². The lowest BCUT2D eigenvalue weighted by Crippen LogP contribution is -2.49. The molecule has 3 aromatic carbocycles. The fourth-order valence-corrected chi connectivity index (χ4v) is 9.93. The third-order valence-electron chi connectivity index (χ3n) is 13.1. The van der Waals surface area contributed by atoms with E-state index >= 15 is 0 Å². The number of carbonyl (C=O) groups excluding carboxylic acids is 3. The zero-order chi connectivity index (χ0) is 38.8. The summed E-state index contributed by atoms with van der Waals surface area (Å²) in [7, 11) is 0. The van der Waals surface area contributed by atoms with Crippen LogP contribution in [-0.4, -0.2) is 105 Å². The van der Waals surface area contributed by atoms with E-state index in [0.717, 1.165) is 114 Å². The molecule has 5 aliphatic rings. The molecule has 0 aromatic heterocycles. The van der Waals surface area contributed by atoms with Crippen molar-refractivity contribution in [3.63, 3.8) is 0 Å². The molecule has 5 heterocycles. The Morgan fingerprint density at radius 3 is 2.14 bits per heavy atom. The normalized spacial score (nSPS) is 23.3. The van der Waals surface area contributed by atoms with E-state index in [2.05, 4.69) is 67.5 Å². The molecule has 0 unspecified atom stereocenters. The van der Waals surface area contributed by atoms with Crippen LogP contribution in [0.25, 0.3) is 0 Å². The molecule has 5 aliphatic heterocycles. The van der Waals surface area contributed by atoms with Gasteiger partial charge in [0.15, 0.2) is 0 Å². The molecule has 56 heavy (non-hydrogen) atoms. The highest BCUT2D eigenvalue weighted by Gasteiger charge is 2.44. The lowest BCUT2D eigenvalue weighted by Gasteiger charge is -2.40. The van der Waals surface area contributed by atoms with Gasteiger partial charge in [0.05, 0.1) is 10.6 Å². The fourth-order valence-electron chi connectivity index (χ4n) is 9.71. The van der Waals surface area contributed by atoms with Crippen molar-refractivity contribution in [3.05, 3.63) is 82.9 Å². The van der Waals surface area contributed by atoms with Crippen LogP contribution in [0, 0.1) is 22.7 Å². The van der Waals surface area contributed by atoms with Crippen molar-refractivity contribution in [2.45, 2.75) is 64.0 Å². The Balaban J connectivity index is 0.752. The van der Waals surface area contributed by atoms with E-state index < -0.39 is 0 Å². The topological polar surface area (TPSA) is 115 Å². The SMILES string of the molecule is C[C@H]1CC2(CCN(c3ccc(C(=O)N4CCC(CN5CCN(c6ccc(N[C@H]7CCC(=O)NC7=O)cc6)CC5)CC4)cc3)CC2)CN1c1ccc(C#N)c(Cl)c1. The molecule has 11 nitrogen and oxygen atoms in total. The van der Waals surface area contributed by atoms with Crippen molar-refractivity contribution in [2.75, 3.05) is 85.5 Å². The van der Waals surface area contributed by atoms with Crippen LogP contribution in [0.15, 0.2) is 66.7 Å². The van der Waals surface area contributed by atoms with Gasteiger partial charge in [0.2, 0.25) is 11.8 Å². The number of imide groups is 1. The molecule has 1 spiro atoms. The maximum Gasteiger partial charge on any atom is 0.253 e. The smallest absolute Gasteiger partial charge is 0.253 e. The molecular weight excluding hydrogens is 724 g/mol. The number of benzene rings is 3. The maximum atomic E-state index is 13.5. The van der Waals surface area contributed by atoms with Gasteiger partial charge in [-0.25, -0.2) is 0 Å². The number of nitrogens with zero attached hydrogens (tertiary/aromatic N) is 6. The fraction of sp³-hybridized carbons (Fsp3) is 0.500. The van der Waals surface area contributed by atoms with Gasteiger partial charge in [-0.1, -0.05) is 11.6 Å². The molecule has 12 heteroatoms. The van der Waals surface area contributed by atoms with Crippen LogP contribution in [-0.2, 0) is 9.59 Å². The van der Waals surface area contributed by atoms with E-state index in [1.165, 1.54) is 11.4 Å². The quantitative estimate of drug-likeness (QED) is 0.267. The zero-order valence-corrected chi connectivity index (χ0v) is 33.1. The van der Waals surface area contributed by atoms with E-state index in [-0.39, 0.29) is 29.2 Å². The number of nitriles is 1. The predicted molar refractivity (Wildman–Crippen MR) is 221 cm³/mol. The Labute approximate surface area is 335 Å². The molecule has 5 saturated heterocycles. The number of amides is 3. The number of anilines is 4. The highest BCUT2D eigenvalue weighted by Crippen LogP contribution is 2.46. The number of carbonyl (C=O) groups is 3. The summed E-state index contributed by atoms with van der Waals surface area (Å²) in [4.78, 5) is 49.1. The summed E-state index contributed by atoms with van der Waals surface area (Å²) < 4.78 is 0. The summed E-state index contributed by atoms with van der Waals surface area (Å²) in [5.41, 5.74) is 5.93. The average Bonchev–Trinajstić information content (AvgIpc) is 3.54. The number of halogens is 1. The van der Waals surface area contributed by atoms with Crippen LogP contribution in [0.3, 0.4) is 0 Å². The van der Waals surface area contributed by atoms with Gasteiger partial charge < -0.3 is 24.9 Å². The van der Waals surface area contributed by atoms with E-state index in [1.807, 2.05) is 47.4 Å². The highest BCUT2D eigenvalue weighted by molar-refractivity contribution is 6.32. The van der Waals surface area contributed by atoms with Gasteiger partial charge >= 0.3 is 0 Å². The van der Waals surface area contributed by atoms with Gasteiger partial charge in [-0.2, -0.15) is 5.26 Å². The molecule has 2 atom stereocenters. The van der Waals surface area contributed by atoms with Crippen molar-refractivity contribution < 1.29 is 14.4 Å². The van der Waals surface area contributed by atoms with Crippen molar-refractivity contribution in [3.8, 4) is 6.07 Å². The Morgan fingerprint density at radius 2 is 1.50 bits per heavy atom. The van der Waals surface area contributed by atoms with Crippen molar-refractivity contribution in [1.29, 1.82) is 5.26 Å². The Hall–Kier alpha value is -4.79. The first-order valence-electron chi connectivity index (χ1n) is 20.4. The molecular formula is C44H53ClN8O3. The third-order valence-corrected chi connectivity index (χ3v) is 13.4. The van der Waals surface area contributed by atoms with Crippen LogP contribution in [0.5, 0.6) is 0 Å². The minimum absolute atomic E-state index is 0.141. The average molecular weight is 777 g/mol. The van der Waals surface area contributed by atoms with Crippen LogP contribution in [0.4, 0.5) is 22.7 Å². The maximum absolute atomic E-state index is 13.5. The first-order valence-corrected chi connectivity index (χ1v) is 20.8. The van der Waals surface area contributed by atoms with Gasteiger partial charge in [0.1, 0.15) is 12.1 Å². The number of hydrogen-bond donors (Lipinski definition) is 2. The lowest BCUT2D eigenvalue weighted by atomic mass is 9.76. The number of piperazine rings is 1. The van der Waals surface area contributed by atoms with Crippen molar-refractivity contribution in [2.24, 2.45) is 11.3 Å². The number of hydrogen-bond acceptors (Lipinski definition) is 9. The lowest BCUT2D eigenvalue weighted by molar-refractivity contribution is -0.133. The summed E-state index contributed by atoms with van der Waals surface area (Å²) in [6, 6.07) is 24.6. The minimum atomic E-state index is -0.378. The molecule has 8 rings (SSSR count). The second-order valence-corrected chi connectivity index (χ2v) is 17.1. The Bertz CT molecular complexity index is 1940. The van der Waals surface area contributed by atoms with Crippen LogP contribution in [0.2, 0.25) is 5.02 Å². The van der Waals surface area contributed by atoms with E-state index in [9.17, 15) is 19.6 Å². The summed E-state index contributed by atoms with van der Waals surface area (Å²) in [5.74, 6) is 0.283. The van der Waals surface area contributed by atoms with Crippen LogP contribution < -0.4 is 25.3 Å². The van der Waals surface area contributed by atoms with E-state index in [1.54, 1.807) is 0 Å². The molecule has 3 amide bonds. The van der Waals surface area contributed by atoms with Crippen LogP contribution >= 0.6 is 11.6 Å². The second kappa shape index (κ2) is 16.4. The summed E-state index contributed by atoms with van der Waals surface area (Å²) >= 11 is 6.38. The number of likely N-dealkylation sites (tertiary alicyclic amines) is 1. The van der Waals surface area contributed by atoms with Crippen LogP contribution in [0.1, 0.15) is 67.8 Å². The molecule has 0 saturated carbocycles. The van der Waals surface area contributed by atoms with E-state index in [4.69, 9.17) is 11.6 Å². The molecule has 0 radical (unpaired) electrons. The summed E-state index contributed by atoms with van der Waals surface area (Å²) in [5, 5.41) is 15.5. The van der Waals surface area contributed by atoms with Gasteiger partial charge in [-0.05, 0) is 124 Å². The Morgan fingerprint density at radius 1 is 0.857 bits per heavy atom. The predicted octanol–water partition coefficient (Wildman–Crippen LogP) is 5.99. The molecule has 2 N–H and O–H groups in total. The standard InChI is InChI=1S/C44H53ClN8O3/c1-31-27-44(30-53(31)38-9-4-34(28-46)39(45)26-38)16-20-50(21-17-44)36-7-2-33(3-8-36)43(56)52-18-14-32(15-19-52)29-49-22-24-51(25-23-49)37-10-5-35(6-11-37)47-40-12-13-41(54)48-42(40)55/h2-11,26,31-32,40,47H,12-25,27,29-30H2,1H3,(H,48,54,55)/t31-,40-/m0/s1. The summed E-state index contributed by atoms with van der Waals surface area (Å²) in [6.45, 7) is 12.0. The molecule has 0 aliphatic carbocycles. The number of nitrogens with one attached hydrogen (secondary N) is 2. The van der Waals surface area contributed by atoms with E-state index in [0.29, 0.717) is 35.4 Å². The minimum Gasteiger partial charge on any atom is -0.374 e. The van der Waals surface area contributed by atoms with Gasteiger partial charge in [-0.3, -0.25) is 24.6 Å². The Kier molecular flexibility index (Phi) is 11.1. The van der Waals surface area contributed by atoms with Gasteiger partial charge in [-0.15, -0.1) is 0 Å². The molecule has 3 aromatic rings. The first kappa shape index (κ1) is 38.1. The third kappa shape index (κ3) is 8.33. The first-order chi connectivity index (χ1) is 27.1. The van der Waals surface area contributed by atoms with Crippen molar-refractivity contribution in [1.82, 2.24) is 15.1 Å². The largest absolute Gasteiger partial charge is 0.374 e. The second-order valence-electron chi connectivity index (χ2n) is 16.7. The molecule has 294 valence electrons. The highest BCUT2D eigenvalue weighted by atomic mass is 35.5. The van der Waals surface area contributed by atoms with Crippen molar-refractivity contribution >= 4 is 52.1 Å². The number of rotatable bonds is 8. The number of piperidine rings is 3. The monoisotopic (exact) mass is 776 g/mol. The zero-order valence-electron chi connectivity index (χ0n) is 32.4.